The molecule has 24 heavy (non-hydrogen) atoms. The molecule has 132 valence electrons. The summed E-state index contributed by atoms with van der Waals surface area (Å²) in [7, 11) is -2.56. The molecule has 0 aromatic heterocycles. The standard InChI is InChI=1S/C15H20N2O6S/c1-22-15(19)12-5-3-4-6-13(12)17(24(2,20)21)11-14(18)16-7-9-23-10-8-16/h3-6H,7-11H2,1-2H3. The summed E-state index contributed by atoms with van der Waals surface area (Å²) >= 11 is 0. The van der Waals surface area contributed by atoms with Crippen molar-refractivity contribution in [3.8, 4) is 0 Å². The Kier molecular flexibility index (Phi) is 5.79. The van der Waals surface area contributed by atoms with Crippen molar-refractivity contribution in [1.29, 1.82) is 0 Å². The Bertz CT molecular complexity index is 712. The highest BCUT2D eigenvalue weighted by molar-refractivity contribution is 7.92. The van der Waals surface area contributed by atoms with Crippen molar-refractivity contribution in [2.75, 3.05) is 50.5 Å². The summed E-state index contributed by atoms with van der Waals surface area (Å²) in [5.41, 5.74) is 0.202. The summed E-state index contributed by atoms with van der Waals surface area (Å²) in [6, 6.07) is 6.12. The summed E-state index contributed by atoms with van der Waals surface area (Å²) in [4.78, 5) is 25.9. The van der Waals surface area contributed by atoms with Crippen molar-refractivity contribution >= 4 is 27.6 Å². The number of methoxy groups -OCH3 is 1. The Morgan fingerprint density at radius 3 is 2.46 bits per heavy atom. The van der Waals surface area contributed by atoms with Crippen LogP contribution in [0, 0.1) is 0 Å². The zero-order valence-electron chi connectivity index (χ0n) is 13.6. The molecule has 9 heteroatoms. The van der Waals surface area contributed by atoms with Gasteiger partial charge < -0.3 is 14.4 Å². The van der Waals surface area contributed by atoms with Crippen LogP contribution in [0.1, 0.15) is 10.4 Å². The number of para-hydroxylation sites is 1. The number of nitrogens with zero attached hydrogens (tertiary/aromatic N) is 2. The van der Waals surface area contributed by atoms with Gasteiger partial charge in [-0.25, -0.2) is 13.2 Å². The number of hydrogen-bond donors (Lipinski definition) is 0. The third-order valence-corrected chi connectivity index (χ3v) is 4.75. The Labute approximate surface area is 141 Å². The van der Waals surface area contributed by atoms with Gasteiger partial charge in [-0.2, -0.15) is 0 Å². The molecule has 1 aromatic carbocycles. The van der Waals surface area contributed by atoms with E-state index in [9.17, 15) is 18.0 Å². The van der Waals surface area contributed by atoms with Crippen LogP contribution in [0.4, 0.5) is 5.69 Å². The van der Waals surface area contributed by atoms with E-state index in [1.54, 1.807) is 17.0 Å². The van der Waals surface area contributed by atoms with Crippen molar-refractivity contribution < 1.29 is 27.5 Å². The van der Waals surface area contributed by atoms with Crippen LogP contribution in [0.25, 0.3) is 0 Å². The van der Waals surface area contributed by atoms with Crippen LogP contribution < -0.4 is 4.31 Å². The zero-order valence-corrected chi connectivity index (χ0v) is 14.4. The van der Waals surface area contributed by atoms with Gasteiger partial charge in [-0.05, 0) is 12.1 Å². The van der Waals surface area contributed by atoms with Crippen molar-refractivity contribution in [1.82, 2.24) is 4.90 Å². The molecule has 0 radical (unpaired) electrons. The fraction of sp³-hybridized carbons (Fsp3) is 0.467. The number of morpholine rings is 1. The molecule has 0 bridgehead atoms. The number of anilines is 1. The Morgan fingerprint density at radius 1 is 1.25 bits per heavy atom. The van der Waals surface area contributed by atoms with E-state index in [1.807, 2.05) is 0 Å². The third kappa shape index (κ3) is 4.24. The molecule has 0 N–H and O–H groups in total. The van der Waals surface area contributed by atoms with E-state index in [0.29, 0.717) is 26.3 Å². The van der Waals surface area contributed by atoms with Gasteiger partial charge in [0.1, 0.15) is 6.54 Å². The summed E-state index contributed by atoms with van der Waals surface area (Å²) in [6.45, 7) is 1.28. The highest BCUT2D eigenvalue weighted by Crippen LogP contribution is 2.23. The predicted molar refractivity (Wildman–Crippen MR) is 87.4 cm³/mol. The van der Waals surface area contributed by atoms with Gasteiger partial charge in [-0.1, -0.05) is 12.1 Å². The first-order valence-electron chi connectivity index (χ1n) is 7.35. The fourth-order valence-corrected chi connectivity index (χ4v) is 3.25. The minimum absolute atomic E-state index is 0.0835. The highest BCUT2D eigenvalue weighted by Gasteiger charge is 2.28. The lowest BCUT2D eigenvalue weighted by molar-refractivity contribution is -0.133. The second-order valence-corrected chi connectivity index (χ2v) is 7.18. The molecule has 8 nitrogen and oxygen atoms in total. The van der Waals surface area contributed by atoms with Crippen LogP contribution in [0.15, 0.2) is 24.3 Å². The predicted octanol–water partition coefficient (Wildman–Crippen LogP) is 0.0980. The van der Waals surface area contributed by atoms with Gasteiger partial charge in [-0.3, -0.25) is 9.10 Å². The lowest BCUT2D eigenvalue weighted by atomic mass is 10.2. The first-order valence-corrected chi connectivity index (χ1v) is 9.20. The number of rotatable bonds is 5. The van der Waals surface area contributed by atoms with Gasteiger partial charge >= 0.3 is 5.97 Å². The SMILES string of the molecule is COC(=O)c1ccccc1N(CC(=O)N1CCOCC1)S(C)(=O)=O. The van der Waals surface area contributed by atoms with E-state index in [1.165, 1.54) is 19.2 Å². The van der Waals surface area contributed by atoms with Gasteiger partial charge in [0.25, 0.3) is 0 Å². The number of benzene rings is 1. The molecule has 1 aliphatic rings. The van der Waals surface area contributed by atoms with E-state index in [-0.39, 0.29) is 23.7 Å². The van der Waals surface area contributed by atoms with Gasteiger partial charge in [-0.15, -0.1) is 0 Å². The number of esters is 1. The fourth-order valence-electron chi connectivity index (χ4n) is 2.39. The number of carbonyl (C=O) groups is 2. The van der Waals surface area contributed by atoms with E-state index >= 15 is 0 Å². The van der Waals surface area contributed by atoms with Crippen molar-refractivity contribution in [3.63, 3.8) is 0 Å². The zero-order chi connectivity index (χ0) is 17.7. The van der Waals surface area contributed by atoms with E-state index in [4.69, 9.17) is 4.74 Å². The molecule has 1 amide bonds. The Morgan fingerprint density at radius 2 is 1.88 bits per heavy atom. The molecule has 0 unspecified atom stereocenters. The summed E-state index contributed by atoms with van der Waals surface area (Å²) in [6.07, 6.45) is 0.994. The minimum atomic E-state index is -3.77. The van der Waals surface area contributed by atoms with Gasteiger partial charge in [0, 0.05) is 13.1 Å². The summed E-state index contributed by atoms with van der Waals surface area (Å²) in [5, 5.41) is 0. The lowest BCUT2D eigenvalue weighted by Crippen LogP contribution is -2.47. The van der Waals surface area contributed by atoms with Crippen LogP contribution in [-0.2, 0) is 24.3 Å². The van der Waals surface area contributed by atoms with Gasteiger partial charge in [0.2, 0.25) is 15.9 Å². The second-order valence-electron chi connectivity index (χ2n) is 5.27. The molecule has 0 aliphatic carbocycles. The summed E-state index contributed by atoms with van der Waals surface area (Å²) < 4.78 is 35.2. The lowest BCUT2D eigenvalue weighted by Gasteiger charge is -2.30. The first kappa shape index (κ1) is 18.2. The highest BCUT2D eigenvalue weighted by atomic mass is 32.2. The van der Waals surface area contributed by atoms with E-state index < -0.39 is 16.0 Å². The second kappa shape index (κ2) is 7.63. The molecule has 1 saturated heterocycles. The molecular weight excluding hydrogens is 336 g/mol. The molecule has 0 spiro atoms. The van der Waals surface area contributed by atoms with E-state index in [0.717, 1.165) is 10.6 Å². The topological polar surface area (TPSA) is 93.2 Å². The number of hydrogen-bond acceptors (Lipinski definition) is 6. The van der Waals surface area contributed by atoms with Crippen molar-refractivity contribution in [3.05, 3.63) is 29.8 Å². The van der Waals surface area contributed by atoms with Crippen LogP contribution >= 0.6 is 0 Å². The quantitative estimate of drug-likeness (QED) is 0.695. The average Bonchev–Trinajstić information content (AvgIpc) is 2.58. The maximum Gasteiger partial charge on any atom is 0.340 e. The van der Waals surface area contributed by atoms with E-state index in [2.05, 4.69) is 4.74 Å². The Balaban J connectivity index is 2.33. The number of ether oxygens (including phenoxy) is 2. The minimum Gasteiger partial charge on any atom is -0.465 e. The monoisotopic (exact) mass is 356 g/mol. The number of carbonyl (C=O) groups excluding carboxylic acids is 2. The van der Waals surface area contributed by atoms with Crippen molar-refractivity contribution in [2.45, 2.75) is 0 Å². The molecule has 1 aromatic rings. The van der Waals surface area contributed by atoms with Crippen LogP contribution in [0.3, 0.4) is 0 Å². The summed E-state index contributed by atoms with van der Waals surface area (Å²) in [5.74, 6) is -1.01. The van der Waals surface area contributed by atoms with Crippen LogP contribution in [0.2, 0.25) is 0 Å². The van der Waals surface area contributed by atoms with Gasteiger partial charge in [0.05, 0.1) is 37.8 Å². The number of amides is 1. The van der Waals surface area contributed by atoms with Gasteiger partial charge in [0.15, 0.2) is 0 Å². The maximum atomic E-state index is 12.4. The normalized spacial score (nSPS) is 15.0. The molecule has 1 fully saturated rings. The Hall–Kier alpha value is -2.13. The molecule has 1 heterocycles. The van der Waals surface area contributed by atoms with Crippen LogP contribution in [0.5, 0.6) is 0 Å². The molecule has 1 aliphatic heterocycles. The molecular formula is C15H20N2O6S. The maximum absolute atomic E-state index is 12.4. The smallest absolute Gasteiger partial charge is 0.340 e. The number of sulfonamides is 1. The molecule has 2 rings (SSSR count). The van der Waals surface area contributed by atoms with Crippen LogP contribution in [-0.4, -0.2) is 71.4 Å². The molecule has 0 atom stereocenters. The largest absolute Gasteiger partial charge is 0.465 e. The molecule has 0 saturated carbocycles. The first-order chi connectivity index (χ1) is 11.3. The van der Waals surface area contributed by atoms with Crippen molar-refractivity contribution in [2.24, 2.45) is 0 Å². The third-order valence-electron chi connectivity index (χ3n) is 3.62. The average molecular weight is 356 g/mol.